The van der Waals surface area contributed by atoms with Crippen molar-refractivity contribution < 1.29 is 14.6 Å². The molecule has 0 bridgehead atoms. The zero-order valence-electron chi connectivity index (χ0n) is 13.5. The van der Waals surface area contributed by atoms with Gasteiger partial charge < -0.3 is 14.6 Å². The van der Waals surface area contributed by atoms with E-state index in [1.807, 2.05) is 42.5 Å². The zero-order chi connectivity index (χ0) is 16.3. The van der Waals surface area contributed by atoms with E-state index in [1.54, 1.807) is 7.11 Å². The molecule has 0 radical (unpaired) electrons. The van der Waals surface area contributed by atoms with Crippen molar-refractivity contribution in [2.24, 2.45) is 0 Å². The van der Waals surface area contributed by atoms with Gasteiger partial charge in [0.05, 0.1) is 6.10 Å². The first kappa shape index (κ1) is 17.3. The number of unbranched alkanes of at least 4 members (excludes halogenated alkanes) is 1. The molecule has 2 aromatic carbocycles. The number of benzene rings is 2. The maximum Gasteiger partial charge on any atom is 0.188 e. The van der Waals surface area contributed by atoms with Gasteiger partial charge in [-0.05, 0) is 30.9 Å². The molecule has 1 N–H and O–H groups in total. The average molecular weight is 312 g/mol. The maximum absolute atomic E-state index is 10.4. The summed E-state index contributed by atoms with van der Waals surface area (Å²) in [5, 5.41) is 10.4. The van der Waals surface area contributed by atoms with Gasteiger partial charge in [0, 0.05) is 12.7 Å². The minimum atomic E-state index is -0.520. The summed E-state index contributed by atoms with van der Waals surface area (Å²) in [7, 11) is 1.58. The average Bonchev–Trinajstić information content (AvgIpc) is 2.60. The Balaban J connectivity index is 1.81. The van der Waals surface area contributed by atoms with Crippen molar-refractivity contribution in [3.63, 3.8) is 0 Å². The van der Waals surface area contributed by atoms with Crippen LogP contribution in [0, 0.1) is 0 Å². The first-order valence-corrected chi connectivity index (χ1v) is 7.91. The van der Waals surface area contributed by atoms with E-state index in [4.69, 9.17) is 9.47 Å². The van der Waals surface area contributed by atoms with E-state index < -0.39 is 6.10 Å². The van der Waals surface area contributed by atoms with Crippen LogP contribution in [0.1, 0.15) is 36.5 Å². The van der Waals surface area contributed by atoms with Crippen LogP contribution in [0.3, 0.4) is 0 Å². The molecule has 0 aliphatic carbocycles. The van der Waals surface area contributed by atoms with Gasteiger partial charge in [-0.2, -0.15) is 0 Å². The van der Waals surface area contributed by atoms with Crippen molar-refractivity contribution in [3.8, 4) is 5.75 Å². The zero-order valence-corrected chi connectivity index (χ0v) is 13.5. The Morgan fingerprint density at radius 1 is 1.04 bits per heavy atom. The molecule has 0 aromatic heterocycles. The largest absolute Gasteiger partial charge is 0.467 e. The fraction of sp³-hybridized carbons (Fsp3) is 0.300. The molecule has 0 saturated heterocycles. The monoisotopic (exact) mass is 312 g/mol. The lowest BCUT2D eigenvalue weighted by Gasteiger charge is -2.15. The first-order chi connectivity index (χ1) is 11.3. The lowest BCUT2D eigenvalue weighted by Crippen LogP contribution is -2.05. The SMILES string of the molecule is COCOc1ccccc1C(O)CCC/C=C/c1ccccc1. The highest BCUT2D eigenvalue weighted by molar-refractivity contribution is 5.48. The van der Waals surface area contributed by atoms with Crippen molar-refractivity contribution >= 4 is 6.08 Å². The van der Waals surface area contributed by atoms with Crippen LogP contribution in [0.5, 0.6) is 5.75 Å². The molecular weight excluding hydrogens is 288 g/mol. The quantitative estimate of drug-likeness (QED) is 0.544. The second kappa shape index (κ2) is 9.82. The Bertz CT molecular complexity index is 593. The number of para-hydroxylation sites is 1. The van der Waals surface area contributed by atoms with Gasteiger partial charge in [-0.25, -0.2) is 0 Å². The lowest BCUT2D eigenvalue weighted by atomic mass is 10.0. The van der Waals surface area contributed by atoms with E-state index in [0.717, 1.165) is 18.4 Å². The number of aliphatic hydroxyl groups excluding tert-OH is 1. The predicted molar refractivity (Wildman–Crippen MR) is 93.2 cm³/mol. The van der Waals surface area contributed by atoms with Crippen LogP contribution in [-0.2, 0) is 4.74 Å². The minimum Gasteiger partial charge on any atom is -0.467 e. The van der Waals surface area contributed by atoms with Crippen molar-refractivity contribution in [2.75, 3.05) is 13.9 Å². The molecular formula is C20H24O3. The van der Waals surface area contributed by atoms with Crippen LogP contribution in [0.2, 0.25) is 0 Å². The third kappa shape index (κ3) is 5.89. The number of allylic oxidation sites excluding steroid dienone is 1. The van der Waals surface area contributed by atoms with Gasteiger partial charge in [-0.1, -0.05) is 60.7 Å². The summed E-state index contributed by atoms with van der Waals surface area (Å²) in [5.41, 5.74) is 2.02. The molecule has 0 aliphatic rings. The van der Waals surface area contributed by atoms with Crippen molar-refractivity contribution in [1.29, 1.82) is 0 Å². The number of hydrogen-bond acceptors (Lipinski definition) is 3. The molecule has 3 heteroatoms. The van der Waals surface area contributed by atoms with E-state index in [2.05, 4.69) is 24.3 Å². The summed E-state index contributed by atoms with van der Waals surface area (Å²) in [5.74, 6) is 0.682. The van der Waals surface area contributed by atoms with Gasteiger partial charge in [0.25, 0.3) is 0 Å². The molecule has 3 nitrogen and oxygen atoms in total. The standard InChI is InChI=1S/C20H24O3/c1-22-16-23-20-15-9-8-13-18(20)19(21)14-7-3-6-12-17-10-4-2-5-11-17/h2,4-6,8-13,15,19,21H,3,7,14,16H2,1H3/b12-6+. The maximum atomic E-state index is 10.4. The number of ether oxygens (including phenoxy) is 2. The van der Waals surface area contributed by atoms with Crippen LogP contribution in [0.4, 0.5) is 0 Å². The van der Waals surface area contributed by atoms with E-state index >= 15 is 0 Å². The Labute approximate surface area is 138 Å². The summed E-state index contributed by atoms with van der Waals surface area (Å²) < 4.78 is 10.4. The van der Waals surface area contributed by atoms with E-state index in [9.17, 15) is 5.11 Å². The van der Waals surface area contributed by atoms with Gasteiger partial charge in [0.2, 0.25) is 0 Å². The van der Waals surface area contributed by atoms with Crippen LogP contribution in [0.25, 0.3) is 6.08 Å². The smallest absolute Gasteiger partial charge is 0.188 e. The minimum absolute atomic E-state index is 0.184. The van der Waals surface area contributed by atoms with Crippen LogP contribution in [0.15, 0.2) is 60.7 Å². The Kier molecular flexibility index (Phi) is 7.37. The summed E-state index contributed by atoms with van der Waals surface area (Å²) in [6.45, 7) is 0.184. The number of aliphatic hydroxyl groups is 1. The molecule has 0 fully saturated rings. The third-order valence-corrected chi connectivity index (χ3v) is 3.57. The molecule has 1 atom stereocenters. The molecule has 2 rings (SSSR count). The molecule has 0 aliphatic heterocycles. The van der Waals surface area contributed by atoms with Gasteiger partial charge in [0.15, 0.2) is 6.79 Å². The van der Waals surface area contributed by atoms with Crippen LogP contribution < -0.4 is 4.74 Å². The topological polar surface area (TPSA) is 38.7 Å². The van der Waals surface area contributed by atoms with Gasteiger partial charge >= 0.3 is 0 Å². The summed E-state index contributed by atoms with van der Waals surface area (Å²) in [6, 6.07) is 17.8. The van der Waals surface area contributed by atoms with E-state index in [1.165, 1.54) is 5.56 Å². The molecule has 2 aromatic rings. The molecule has 23 heavy (non-hydrogen) atoms. The molecule has 122 valence electrons. The van der Waals surface area contributed by atoms with Gasteiger partial charge in [0.1, 0.15) is 5.75 Å². The molecule has 0 spiro atoms. The lowest BCUT2D eigenvalue weighted by molar-refractivity contribution is 0.0476. The predicted octanol–water partition coefficient (Wildman–Crippen LogP) is 4.59. The van der Waals surface area contributed by atoms with E-state index in [-0.39, 0.29) is 6.79 Å². The fourth-order valence-corrected chi connectivity index (χ4v) is 2.38. The summed E-state index contributed by atoms with van der Waals surface area (Å²) in [6.07, 6.45) is 6.30. The van der Waals surface area contributed by atoms with Crippen LogP contribution in [-0.4, -0.2) is 19.0 Å². The number of hydrogen-bond donors (Lipinski definition) is 1. The van der Waals surface area contributed by atoms with Crippen molar-refractivity contribution in [1.82, 2.24) is 0 Å². The normalized spacial score (nSPS) is 12.4. The molecule has 0 saturated carbocycles. The highest BCUT2D eigenvalue weighted by Crippen LogP contribution is 2.28. The van der Waals surface area contributed by atoms with Crippen molar-refractivity contribution in [2.45, 2.75) is 25.4 Å². The Morgan fingerprint density at radius 3 is 2.57 bits per heavy atom. The van der Waals surface area contributed by atoms with Crippen molar-refractivity contribution in [3.05, 3.63) is 71.8 Å². The number of methoxy groups -OCH3 is 1. The number of rotatable bonds is 9. The Morgan fingerprint density at radius 2 is 1.78 bits per heavy atom. The first-order valence-electron chi connectivity index (χ1n) is 7.91. The second-order valence-corrected chi connectivity index (χ2v) is 5.35. The van der Waals surface area contributed by atoms with Crippen LogP contribution >= 0.6 is 0 Å². The van der Waals surface area contributed by atoms with E-state index in [0.29, 0.717) is 12.2 Å². The molecule has 0 amide bonds. The summed E-state index contributed by atoms with van der Waals surface area (Å²) >= 11 is 0. The Hall–Kier alpha value is -2.10. The highest BCUT2D eigenvalue weighted by Gasteiger charge is 2.12. The van der Waals surface area contributed by atoms with Gasteiger partial charge in [-0.15, -0.1) is 0 Å². The molecule has 1 unspecified atom stereocenters. The van der Waals surface area contributed by atoms with Gasteiger partial charge in [-0.3, -0.25) is 0 Å². The summed E-state index contributed by atoms with van der Waals surface area (Å²) in [4.78, 5) is 0. The fourth-order valence-electron chi connectivity index (χ4n) is 2.38. The third-order valence-electron chi connectivity index (χ3n) is 3.57. The molecule has 0 heterocycles. The highest BCUT2D eigenvalue weighted by atomic mass is 16.7. The second-order valence-electron chi connectivity index (χ2n) is 5.35.